The van der Waals surface area contributed by atoms with Gasteiger partial charge in [-0.25, -0.2) is 14.6 Å². The van der Waals surface area contributed by atoms with Crippen molar-refractivity contribution in [2.75, 3.05) is 25.6 Å². The van der Waals surface area contributed by atoms with Crippen molar-refractivity contribution in [3.05, 3.63) is 57.9 Å². The van der Waals surface area contributed by atoms with Gasteiger partial charge in [0.05, 0.1) is 29.3 Å². The second-order valence-electron chi connectivity index (χ2n) is 6.11. The van der Waals surface area contributed by atoms with Gasteiger partial charge in [-0.15, -0.1) is 11.3 Å². The van der Waals surface area contributed by atoms with Gasteiger partial charge < -0.3 is 19.5 Å². The topological polar surface area (TPSA) is 117 Å². The second-order valence-corrected chi connectivity index (χ2v) is 7.93. The van der Waals surface area contributed by atoms with E-state index in [9.17, 15) is 14.4 Å². The molecule has 0 aliphatic carbocycles. The number of ether oxygens (including phenoxy) is 3. The number of aromatic nitrogens is 2. The van der Waals surface area contributed by atoms with Gasteiger partial charge in [-0.05, 0) is 40.5 Å². The molecule has 11 heteroatoms. The van der Waals surface area contributed by atoms with Gasteiger partial charge >= 0.3 is 11.9 Å². The van der Waals surface area contributed by atoms with Crippen molar-refractivity contribution in [1.29, 1.82) is 0 Å². The van der Waals surface area contributed by atoms with Gasteiger partial charge in [0, 0.05) is 18.1 Å². The van der Waals surface area contributed by atoms with E-state index < -0.39 is 17.8 Å². The maximum atomic E-state index is 12.4. The summed E-state index contributed by atoms with van der Waals surface area (Å²) in [5, 5.41) is 2.76. The Morgan fingerprint density at radius 1 is 1.22 bits per heavy atom. The van der Waals surface area contributed by atoms with Crippen LogP contribution in [-0.4, -0.2) is 48.1 Å². The number of hydrogen-bond acceptors (Lipinski definition) is 9. The van der Waals surface area contributed by atoms with Crippen LogP contribution in [0.4, 0.5) is 5.69 Å². The number of thiophene rings is 1. The van der Waals surface area contributed by atoms with Crippen molar-refractivity contribution in [3.63, 3.8) is 0 Å². The molecule has 0 radical (unpaired) electrons. The summed E-state index contributed by atoms with van der Waals surface area (Å²) in [6.07, 6.45) is 4.28. The van der Waals surface area contributed by atoms with E-state index in [4.69, 9.17) is 14.2 Å². The van der Waals surface area contributed by atoms with E-state index >= 15 is 0 Å². The van der Waals surface area contributed by atoms with Crippen molar-refractivity contribution < 1.29 is 28.6 Å². The highest BCUT2D eigenvalue weighted by Crippen LogP contribution is 2.46. The highest BCUT2D eigenvalue weighted by atomic mass is 79.9. The summed E-state index contributed by atoms with van der Waals surface area (Å²) in [6.45, 7) is 1.54. The van der Waals surface area contributed by atoms with Crippen LogP contribution in [0.2, 0.25) is 0 Å². The standard InChI is InChI=1S/C21H18BrN3O6S/c1-3-30-15(26)11-31-17-16(22)18(32-19(17)21(28)29-2)12-5-4-6-13(9-12)25-20(27)14-10-23-7-8-24-14/h4-10H,3,11H2,1-2H3,(H,25,27). The molecule has 32 heavy (non-hydrogen) atoms. The van der Waals surface area contributed by atoms with E-state index in [0.29, 0.717) is 20.6 Å². The molecule has 0 aliphatic heterocycles. The Bertz CT molecular complexity index is 1140. The normalized spacial score (nSPS) is 10.3. The van der Waals surface area contributed by atoms with Crippen LogP contribution < -0.4 is 10.1 Å². The minimum absolute atomic E-state index is 0.179. The van der Waals surface area contributed by atoms with Gasteiger partial charge in [-0.2, -0.15) is 0 Å². The Labute approximate surface area is 195 Å². The SMILES string of the molecule is CCOC(=O)COc1c(C(=O)OC)sc(-c2cccc(NC(=O)c3cnccn3)c2)c1Br. The fourth-order valence-electron chi connectivity index (χ4n) is 2.62. The van der Waals surface area contributed by atoms with Crippen LogP contribution in [0.1, 0.15) is 27.1 Å². The number of nitrogens with one attached hydrogen (secondary N) is 1. The fraction of sp³-hybridized carbons (Fsp3) is 0.190. The van der Waals surface area contributed by atoms with E-state index in [2.05, 4.69) is 31.2 Å². The lowest BCUT2D eigenvalue weighted by molar-refractivity contribution is -0.145. The number of benzene rings is 1. The van der Waals surface area contributed by atoms with Gasteiger partial charge in [0.1, 0.15) is 5.69 Å². The zero-order valence-corrected chi connectivity index (χ0v) is 19.5. The highest BCUT2D eigenvalue weighted by molar-refractivity contribution is 9.10. The van der Waals surface area contributed by atoms with Gasteiger partial charge in [0.25, 0.3) is 5.91 Å². The van der Waals surface area contributed by atoms with Crippen molar-refractivity contribution in [1.82, 2.24) is 9.97 Å². The lowest BCUT2D eigenvalue weighted by atomic mass is 10.1. The molecule has 3 rings (SSSR count). The Balaban J connectivity index is 1.90. The molecule has 1 amide bonds. The van der Waals surface area contributed by atoms with Gasteiger partial charge in [-0.1, -0.05) is 12.1 Å². The summed E-state index contributed by atoms with van der Waals surface area (Å²) in [5.74, 6) is -1.39. The molecule has 0 aliphatic rings. The molecule has 0 saturated heterocycles. The van der Waals surface area contributed by atoms with Crippen LogP contribution in [0.25, 0.3) is 10.4 Å². The Kier molecular flexibility index (Phi) is 7.90. The Hall–Kier alpha value is -3.31. The van der Waals surface area contributed by atoms with Crippen molar-refractivity contribution in [2.24, 2.45) is 0 Å². The average Bonchev–Trinajstić information content (AvgIpc) is 3.14. The van der Waals surface area contributed by atoms with E-state index in [1.807, 2.05) is 6.07 Å². The number of rotatable bonds is 8. The van der Waals surface area contributed by atoms with Crippen LogP contribution in [0, 0.1) is 0 Å². The van der Waals surface area contributed by atoms with Gasteiger partial charge in [-0.3, -0.25) is 9.78 Å². The molecule has 1 aromatic carbocycles. The number of carbonyl (C=O) groups is 3. The predicted molar refractivity (Wildman–Crippen MR) is 121 cm³/mol. The first-order chi connectivity index (χ1) is 15.4. The third-order valence-electron chi connectivity index (χ3n) is 4.00. The van der Waals surface area contributed by atoms with Crippen LogP contribution in [0.3, 0.4) is 0 Å². The van der Waals surface area contributed by atoms with E-state index in [1.165, 1.54) is 25.7 Å². The van der Waals surface area contributed by atoms with E-state index in [0.717, 1.165) is 11.3 Å². The molecule has 3 aromatic rings. The first-order valence-corrected chi connectivity index (χ1v) is 10.9. The number of anilines is 1. The molecule has 0 saturated carbocycles. The number of carbonyl (C=O) groups excluding carboxylic acids is 3. The van der Waals surface area contributed by atoms with Crippen LogP contribution >= 0.6 is 27.3 Å². The van der Waals surface area contributed by atoms with Crippen LogP contribution in [0.5, 0.6) is 5.75 Å². The third-order valence-corrected chi connectivity index (χ3v) is 6.22. The highest BCUT2D eigenvalue weighted by Gasteiger charge is 2.25. The molecule has 9 nitrogen and oxygen atoms in total. The lowest BCUT2D eigenvalue weighted by Crippen LogP contribution is -2.15. The molecule has 0 bridgehead atoms. The van der Waals surface area contributed by atoms with E-state index in [1.54, 1.807) is 25.1 Å². The number of methoxy groups -OCH3 is 1. The second kappa shape index (κ2) is 10.8. The Morgan fingerprint density at radius 3 is 2.72 bits per heavy atom. The predicted octanol–water partition coefficient (Wildman–Crippen LogP) is 3.95. The van der Waals surface area contributed by atoms with Crippen LogP contribution in [0.15, 0.2) is 47.3 Å². The van der Waals surface area contributed by atoms with Crippen molar-refractivity contribution in [2.45, 2.75) is 6.92 Å². The zero-order chi connectivity index (χ0) is 23.1. The molecular formula is C21H18BrN3O6S. The maximum absolute atomic E-state index is 12.4. The molecule has 0 spiro atoms. The smallest absolute Gasteiger partial charge is 0.351 e. The lowest BCUT2D eigenvalue weighted by Gasteiger charge is -2.08. The quantitative estimate of drug-likeness (QED) is 0.444. The fourth-order valence-corrected chi connectivity index (χ4v) is 4.59. The molecule has 0 fully saturated rings. The van der Waals surface area contributed by atoms with Gasteiger partial charge in [0.15, 0.2) is 17.2 Å². The number of nitrogens with zero attached hydrogens (tertiary/aromatic N) is 2. The largest absolute Gasteiger partial charge is 0.479 e. The number of amides is 1. The molecule has 2 heterocycles. The van der Waals surface area contributed by atoms with E-state index in [-0.39, 0.29) is 29.5 Å². The summed E-state index contributed by atoms with van der Waals surface area (Å²) >= 11 is 4.58. The van der Waals surface area contributed by atoms with Crippen molar-refractivity contribution in [3.8, 4) is 16.2 Å². The Morgan fingerprint density at radius 2 is 2.03 bits per heavy atom. The third kappa shape index (κ3) is 5.48. The maximum Gasteiger partial charge on any atom is 0.351 e. The molecular weight excluding hydrogens is 502 g/mol. The number of halogens is 1. The van der Waals surface area contributed by atoms with Crippen molar-refractivity contribution >= 4 is 50.8 Å². The summed E-state index contributed by atoms with van der Waals surface area (Å²) < 4.78 is 15.8. The number of hydrogen-bond donors (Lipinski definition) is 1. The number of esters is 2. The zero-order valence-electron chi connectivity index (χ0n) is 17.1. The molecule has 0 atom stereocenters. The minimum atomic E-state index is -0.604. The summed E-state index contributed by atoms with van der Waals surface area (Å²) in [4.78, 5) is 45.0. The molecule has 1 N–H and O–H groups in total. The molecule has 166 valence electrons. The molecule has 2 aromatic heterocycles. The first kappa shape index (κ1) is 23.4. The van der Waals surface area contributed by atoms with Gasteiger partial charge in [0.2, 0.25) is 0 Å². The van der Waals surface area contributed by atoms with Crippen LogP contribution in [-0.2, 0) is 14.3 Å². The first-order valence-electron chi connectivity index (χ1n) is 9.31. The molecule has 0 unspecified atom stereocenters. The monoisotopic (exact) mass is 519 g/mol. The summed E-state index contributed by atoms with van der Waals surface area (Å²) in [5.41, 5.74) is 1.40. The summed E-state index contributed by atoms with van der Waals surface area (Å²) in [7, 11) is 1.26. The average molecular weight is 520 g/mol. The minimum Gasteiger partial charge on any atom is -0.479 e. The summed E-state index contributed by atoms with van der Waals surface area (Å²) in [6, 6.07) is 7.02.